The highest BCUT2D eigenvalue weighted by molar-refractivity contribution is 5.92. The van der Waals surface area contributed by atoms with Gasteiger partial charge in [-0.3, -0.25) is 4.98 Å². The Bertz CT molecular complexity index is 891. The number of halogens is 3. The first-order valence-electron chi connectivity index (χ1n) is 6.66. The lowest BCUT2D eigenvalue weighted by Crippen LogP contribution is -2.12. The Morgan fingerprint density at radius 3 is 2.42 bits per heavy atom. The van der Waals surface area contributed by atoms with Gasteiger partial charge in [0, 0.05) is 6.20 Å². The third-order valence-electron chi connectivity index (χ3n) is 3.22. The molecule has 0 fully saturated rings. The number of hydrogen-bond acceptors (Lipinski definition) is 4. The number of benzene rings is 1. The summed E-state index contributed by atoms with van der Waals surface area (Å²) in [4.78, 5) is 15.4. The van der Waals surface area contributed by atoms with E-state index in [0.29, 0.717) is 0 Å². The molecule has 0 radical (unpaired) electrons. The number of rotatable bonds is 3. The van der Waals surface area contributed by atoms with Crippen molar-refractivity contribution in [2.24, 2.45) is 0 Å². The first kappa shape index (κ1) is 15.7. The van der Waals surface area contributed by atoms with E-state index in [9.17, 15) is 23.1 Å². The Kier molecular flexibility index (Phi) is 3.76. The van der Waals surface area contributed by atoms with E-state index >= 15 is 0 Å². The van der Waals surface area contributed by atoms with Crippen LogP contribution in [0.3, 0.4) is 0 Å². The first-order chi connectivity index (χ1) is 11.4. The number of carboxylic acid groups (broad SMARTS) is 1. The van der Waals surface area contributed by atoms with Crippen molar-refractivity contribution in [3.05, 3.63) is 59.9 Å². The fourth-order valence-electron chi connectivity index (χ4n) is 2.23. The molecular formula is C15H9F3N4O2. The average Bonchev–Trinajstić information content (AvgIpc) is 3.00. The second-order valence-electron chi connectivity index (χ2n) is 4.73. The van der Waals surface area contributed by atoms with Crippen LogP contribution in [0.2, 0.25) is 0 Å². The van der Waals surface area contributed by atoms with Crippen LogP contribution in [0.15, 0.2) is 48.7 Å². The zero-order valence-electron chi connectivity index (χ0n) is 11.9. The Labute approximate surface area is 133 Å². The van der Waals surface area contributed by atoms with Crippen LogP contribution < -0.4 is 0 Å². The van der Waals surface area contributed by atoms with E-state index in [1.54, 1.807) is 12.1 Å². The Morgan fingerprint density at radius 1 is 1.08 bits per heavy atom. The van der Waals surface area contributed by atoms with Crippen molar-refractivity contribution in [1.29, 1.82) is 0 Å². The fourth-order valence-corrected chi connectivity index (χ4v) is 2.23. The SMILES string of the molecule is O=C(O)c1nnn(-c2ccccc2C(F)(F)F)c1-c1ccccn1. The zero-order chi connectivity index (χ0) is 17.3. The molecule has 122 valence electrons. The predicted octanol–water partition coefficient (Wildman–Crippen LogP) is 3.05. The maximum Gasteiger partial charge on any atom is 0.418 e. The second-order valence-corrected chi connectivity index (χ2v) is 4.73. The molecule has 0 bridgehead atoms. The van der Waals surface area contributed by atoms with E-state index in [0.717, 1.165) is 10.7 Å². The smallest absolute Gasteiger partial charge is 0.418 e. The second kappa shape index (κ2) is 5.76. The van der Waals surface area contributed by atoms with Crippen molar-refractivity contribution in [3.63, 3.8) is 0 Å². The van der Waals surface area contributed by atoms with Gasteiger partial charge in [0.15, 0.2) is 5.69 Å². The van der Waals surface area contributed by atoms with Crippen molar-refractivity contribution in [2.75, 3.05) is 0 Å². The molecule has 0 atom stereocenters. The molecule has 6 nitrogen and oxygen atoms in total. The largest absolute Gasteiger partial charge is 0.476 e. The Morgan fingerprint density at radius 2 is 1.79 bits per heavy atom. The number of para-hydroxylation sites is 1. The topological polar surface area (TPSA) is 80.9 Å². The van der Waals surface area contributed by atoms with Gasteiger partial charge in [-0.05, 0) is 24.3 Å². The van der Waals surface area contributed by atoms with Gasteiger partial charge in [0.05, 0.1) is 16.9 Å². The van der Waals surface area contributed by atoms with Gasteiger partial charge in [0.2, 0.25) is 0 Å². The van der Waals surface area contributed by atoms with Crippen molar-refractivity contribution in [1.82, 2.24) is 20.0 Å². The number of nitrogens with zero attached hydrogens (tertiary/aromatic N) is 4. The van der Waals surface area contributed by atoms with Crippen LogP contribution >= 0.6 is 0 Å². The number of aromatic carboxylic acids is 1. The maximum absolute atomic E-state index is 13.2. The predicted molar refractivity (Wildman–Crippen MR) is 76.6 cm³/mol. The van der Waals surface area contributed by atoms with Gasteiger partial charge in [-0.1, -0.05) is 23.4 Å². The minimum Gasteiger partial charge on any atom is -0.476 e. The van der Waals surface area contributed by atoms with Crippen LogP contribution in [0.5, 0.6) is 0 Å². The Balaban J connectivity index is 2.30. The number of pyridine rings is 1. The molecule has 0 saturated carbocycles. The minimum atomic E-state index is -4.63. The lowest BCUT2D eigenvalue weighted by atomic mass is 10.1. The van der Waals surface area contributed by atoms with Crippen molar-refractivity contribution >= 4 is 5.97 Å². The molecule has 9 heteroatoms. The standard InChI is InChI=1S/C15H9F3N4O2/c16-15(17,18)9-5-1-2-7-11(9)22-13(10-6-3-4-8-19-10)12(14(23)24)20-21-22/h1-8H,(H,23,24). The number of alkyl halides is 3. The van der Waals surface area contributed by atoms with Crippen molar-refractivity contribution < 1.29 is 23.1 Å². The van der Waals surface area contributed by atoms with Gasteiger partial charge in [-0.2, -0.15) is 13.2 Å². The molecular weight excluding hydrogens is 325 g/mol. The summed E-state index contributed by atoms with van der Waals surface area (Å²) in [6, 6.07) is 9.37. The average molecular weight is 334 g/mol. The van der Waals surface area contributed by atoms with Crippen LogP contribution in [-0.4, -0.2) is 31.1 Å². The fraction of sp³-hybridized carbons (Fsp3) is 0.0667. The van der Waals surface area contributed by atoms with Crippen molar-refractivity contribution in [3.8, 4) is 17.1 Å². The summed E-state index contributed by atoms with van der Waals surface area (Å²) in [5.74, 6) is -1.41. The van der Waals surface area contributed by atoms with Gasteiger partial charge in [-0.25, -0.2) is 9.48 Å². The maximum atomic E-state index is 13.2. The van der Waals surface area contributed by atoms with Gasteiger partial charge >= 0.3 is 12.1 Å². The summed E-state index contributed by atoms with van der Waals surface area (Å²) in [5, 5.41) is 16.4. The zero-order valence-corrected chi connectivity index (χ0v) is 11.9. The quantitative estimate of drug-likeness (QED) is 0.796. The molecule has 2 heterocycles. The summed E-state index contributed by atoms with van der Waals surface area (Å²) in [7, 11) is 0. The van der Waals surface area contributed by atoms with E-state index < -0.39 is 23.4 Å². The van der Waals surface area contributed by atoms with Gasteiger partial charge in [-0.15, -0.1) is 5.10 Å². The molecule has 3 rings (SSSR count). The molecule has 2 aromatic heterocycles. The number of carboxylic acids is 1. The molecule has 0 unspecified atom stereocenters. The number of aromatic nitrogens is 4. The summed E-state index contributed by atoms with van der Waals surface area (Å²) in [6.07, 6.45) is -3.23. The van der Waals surface area contributed by atoms with Crippen molar-refractivity contribution in [2.45, 2.75) is 6.18 Å². The summed E-state index contributed by atoms with van der Waals surface area (Å²) < 4.78 is 40.6. The number of hydrogen-bond donors (Lipinski definition) is 1. The highest BCUT2D eigenvalue weighted by atomic mass is 19.4. The lowest BCUT2D eigenvalue weighted by Gasteiger charge is -2.14. The molecule has 1 N–H and O–H groups in total. The first-order valence-corrected chi connectivity index (χ1v) is 6.66. The van der Waals surface area contributed by atoms with E-state index in [1.807, 2.05) is 0 Å². The highest BCUT2D eigenvalue weighted by Gasteiger charge is 2.35. The molecule has 0 amide bonds. The van der Waals surface area contributed by atoms with Crippen LogP contribution in [0.25, 0.3) is 17.1 Å². The molecule has 0 aliphatic rings. The lowest BCUT2D eigenvalue weighted by molar-refractivity contribution is -0.137. The van der Waals surface area contributed by atoms with Crippen LogP contribution in [0.4, 0.5) is 13.2 Å². The van der Waals surface area contributed by atoms with Crippen LogP contribution in [0.1, 0.15) is 16.1 Å². The van der Waals surface area contributed by atoms with E-state index in [1.165, 1.54) is 30.5 Å². The highest BCUT2D eigenvalue weighted by Crippen LogP contribution is 2.35. The summed E-state index contributed by atoms with van der Waals surface area (Å²) in [5.41, 5.74) is -1.74. The molecule has 24 heavy (non-hydrogen) atoms. The van der Waals surface area contributed by atoms with E-state index in [-0.39, 0.29) is 17.1 Å². The summed E-state index contributed by atoms with van der Waals surface area (Å²) in [6.45, 7) is 0. The molecule has 0 aliphatic carbocycles. The monoisotopic (exact) mass is 334 g/mol. The van der Waals surface area contributed by atoms with E-state index in [4.69, 9.17) is 0 Å². The van der Waals surface area contributed by atoms with Crippen LogP contribution in [0, 0.1) is 0 Å². The van der Waals surface area contributed by atoms with Gasteiger partial charge < -0.3 is 5.11 Å². The molecule has 0 spiro atoms. The van der Waals surface area contributed by atoms with Crippen LogP contribution in [-0.2, 0) is 6.18 Å². The number of carbonyl (C=O) groups is 1. The molecule has 0 saturated heterocycles. The normalized spacial score (nSPS) is 11.5. The minimum absolute atomic E-state index is 0.125. The molecule has 0 aliphatic heterocycles. The molecule has 3 aromatic rings. The van der Waals surface area contributed by atoms with Gasteiger partial charge in [0.1, 0.15) is 5.69 Å². The summed E-state index contributed by atoms with van der Waals surface area (Å²) >= 11 is 0. The van der Waals surface area contributed by atoms with E-state index in [2.05, 4.69) is 15.3 Å². The third kappa shape index (κ3) is 2.71. The molecule has 1 aromatic carbocycles. The van der Waals surface area contributed by atoms with Gasteiger partial charge in [0.25, 0.3) is 0 Å². The Hall–Kier alpha value is -3.23. The third-order valence-corrected chi connectivity index (χ3v) is 3.22.